The first kappa shape index (κ1) is 21.5. The molecule has 1 aliphatic heterocycles. The topological polar surface area (TPSA) is 105 Å². The van der Waals surface area contributed by atoms with Gasteiger partial charge in [0.1, 0.15) is 5.75 Å². The van der Waals surface area contributed by atoms with Crippen LogP contribution in [0.1, 0.15) is 47.7 Å². The van der Waals surface area contributed by atoms with Crippen LogP contribution in [-0.4, -0.2) is 17.0 Å². The normalized spacial score (nSPS) is 20.5. The zero-order chi connectivity index (χ0) is 22.7. The van der Waals surface area contributed by atoms with Crippen LogP contribution in [0.15, 0.2) is 72.8 Å². The van der Waals surface area contributed by atoms with Crippen LogP contribution < -0.4 is 4.74 Å². The van der Waals surface area contributed by atoms with E-state index in [9.17, 15) is 20.2 Å². The van der Waals surface area contributed by atoms with Crippen LogP contribution in [0.4, 0.5) is 11.4 Å². The van der Waals surface area contributed by atoms with Crippen LogP contribution in [0.2, 0.25) is 0 Å². The summed E-state index contributed by atoms with van der Waals surface area (Å²) in [5.74, 6) is 0.795. The second-order valence-corrected chi connectivity index (χ2v) is 7.73. The molecule has 0 aliphatic carbocycles. The molecule has 1 aliphatic rings. The van der Waals surface area contributed by atoms with Crippen molar-refractivity contribution in [3.63, 3.8) is 0 Å². The summed E-state index contributed by atoms with van der Waals surface area (Å²) in [4.78, 5) is 21.7. The van der Waals surface area contributed by atoms with Crippen molar-refractivity contribution >= 4 is 11.4 Å². The van der Waals surface area contributed by atoms with Gasteiger partial charge >= 0.3 is 0 Å². The number of benzene rings is 3. The molecule has 0 amide bonds. The van der Waals surface area contributed by atoms with Gasteiger partial charge in [-0.2, -0.15) is 0 Å². The van der Waals surface area contributed by atoms with E-state index < -0.39 is 22.1 Å². The Labute approximate surface area is 184 Å². The highest BCUT2D eigenvalue weighted by molar-refractivity contribution is 5.40. The molecule has 0 aromatic heterocycles. The molecule has 3 aromatic rings. The predicted octanol–water partition coefficient (Wildman–Crippen LogP) is 5.89. The molecule has 0 radical (unpaired) electrons. The first-order chi connectivity index (χ1) is 15.5. The molecular formula is C24H22N2O6. The van der Waals surface area contributed by atoms with E-state index in [1.165, 1.54) is 24.3 Å². The highest BCUT2D eigenvalue weighted by Gasteiger charge is 2.34. The Bertz CT molecular complexity index is 1080. The SMILES string of the molecule is COc1ccccc1C1C[C@@H](c2cccc([N+](=O)[O-])c2)O[C@@H](c2cccc([N+](=O)[O-])c2)C1. The maximum atomic E-state index is 11.3. The van der Waals surface area contributed by atoms with Gasteiger partial charge in [-0.3, -0.25) is 20.2 Å². The van der Waals surface area contributed by atoms with Crippen molar-refractivity contribution in [2.45, 2.75) is 31.0 Å². The van der Waals surface area contributed by atoms with Crippen molar-refractivity contribution < 1.29 is 19.3 Å². The molecule has 8 heteroatoms. The lowest BCUT2D eigenvalue weighted by molar-refractivity contribution is -0.385. The van der Waals surface area contributed by atoms with Crippen molar-refractivity contribution in [3.8, 4) is 5.75 Å². The highest BCUT2D eigenvalue weighted by Crippen LogP contribution is 2.48. The van der Waals surface area contributed by atoms with Crippen LogP contribution in [-0.2, 0) is 4.74 Å². The maximum Gasteiger partial charge on any atom is 0.269 e. The molecule has 1 heterocycles. The molecule has 164 valence electrons. The van der Waals surface area contributed by atoms with Crippen molar-refractivity contribution in [1.82, 2.24) is 0 Å². The number of hydrogen-bond donors (Lipinski definition) is 0. The Morgan fingerprint density at radius 3 is 1.84 bits per heavy atom. The van der Waals surface area contributed by atoms with Gasteiger partial charge in [-0.15, -0.1) is 0 Å². The van der Waals surface area contributed by atoms with Gasteiger partial charge in [-0.1, -0.05) is 42.5 Å². The molecule has 0 bridgehead atoms. The van der Waals surface area contributed by atoms with Crippen LogP contribution >= 0.6 is 0 Å². The van der Waals surface area contributed by atoms with E-state index in [0.29, 0.717) is 24.0 Å². The zero-order valence-corrected chi connectivity index (χ0v) is 17.4. The van der Waals surface area contributed by atoms with Gasteiger partial charge in [0.25, 0.3) is 11.4 Å². The molecule has 1 fully saturated rings. The number of nitro benzene ring substituents is 2. The van der Waals surface area contributed by atoms with Crippen LogP contribution in [0.3, 0.4) is 0 Å². The standard InChI is InChI=1S/C24H22N2O6/c1-31-22-11-3-2-10-21(22)18-14-23(16-6-4-8-19(12-16)25(27)28)32-24(15-18)17-7-5-9-20(13-17)26(29)30/h2-13,18,23-24H,14-15H2,1H3/t18?,23-,24+. The average Bonchev–Trinajstić information content (AvgIpc) is 2.83. The predicted molar refractivity (Wildman–Crippen MR) is 118 cm³/mol. The summed E-state index contributed by atoms with van der Waals surface area (Å²) >= 11 is 0. The maximum absolute atomic E-state index is 11.3. The molecule has 1 unspecified atom stereocenters. The molecule has 3 aromatic carbocycles. The van der Waals surface area contributed by atoms with E-state index in [4.69, 9.17) is 9.47 Å². The van der Waals surface area contributed by atoms with Gasteiger partial charge in [0, 0.05) is 24.3 Å². The zero-order valence-electron chi connectivity index (χ0n) is 17.4. The molecule has 0 saturated carbocycles. The van der Waals surface area contributed by atoms with E-state index >= 15 is 0 Å². The summed E-state index contributed by atoms with van der Waals surface area (Å²) < 4.78 is 11.9. The van der Waals surface area contributed by atoms with Gasteiger partial charge in [0.15, 0.2) is 0 Å². The minimum absolute atomic E-state index is 0.00239. The van der Waals surface area contributed by atoms with Crippen molar-refractivity contribution in [2.24, 2.45) is 0 Å². The number of nitro groups is 2. The minimum atomic E-state index is -0.429. The van der Waals surface area contributed by atoms with Gasteiger partial charge in [-0.05, 0) is 41.5 Å². The Kier molecular flexibility index (Phi) is 6.13. The number of rotatable bonds is 6. The fraction of sp³-hybridized carbons (Fsp3) is 0.250. The number of methoxy groups -OCH3 is 1. The third kappa shape index (κ3) is 4.45. The smallest absolute Gasteiger partial charge is 0.269 e. The van der Waals surface area contributed by atoms with Crippen LogP contribution in [0.25, 0.3) is 0 Å². The average molecular weight is 434 g/mol. The Morgan fingerprint density at radius 1 is 0.812 bits per heavy atom. The van der Waals surface area contributed by atoms with E-state index in [0.717, 1.165) is 11.3 Å². The van der Waals surface area contributed by atoms with Gasteiger partial charge in [0.2, 0.25) is 0 Å². The number of ether oxygens (including phenoxy) is 2. The summed E-state index contributed by atoms with van der Waals surface area (Å²) in [6.45, 7) is 0. The van der Waals surface area contributed by atoms with E-state index in [-0.39, 0.29) is 17.3 Å². The van der Waals surface area contributed by atoms with Crippen molar-refractivity contribution in [3.05, 3.63) is 110 Å². The Hall–Kier alpha value is -3.78. The molecule has 4 rings (SSSR count). The number of para-hydroxylation sites is 1. The van der Waals surface area contributed by atoms with E-state index in [1.807, 2.05) is 36.4 Å². The first-order valence-electron chi connectivity index (χ1n) is 10.2. The lowest BCUT2D eigenvalue weighted by Crippen LogP contribution is -2.22. The summed E-state index contributed by atoms with van der Waals surface area (Å²) in [6.07, 6.45) is 0.380. The second-order valence-electron chi connectivity index (χ2n) is 7.73. The lowest BCUT2D eigenvalue weighted by Gasteiger charge is -2.36. The van der Waals surface area contributed by atoms with Gasteiger partial charge in [0.05, 0.1) is 29.2 Å². The van der Waals surface area contributed by atoms with Crippen molar-refractivity contribution in [2.75, 3.05) is 7.11 Å². The number of non-ortho nitro benzene ring substituents is 2. The molecule has 3 atom stereocenters. The summed E-state index contributed by atoms with van der Waals surface area (Å²) in [7, 11) is 1.62. The van der Waals surface area contributed by atoms with E-state index in [1.54, 1.807) is 19.2 Å². The van der Waals surface area contributed by atoms with Gasteiger partial charge < -0.3 is 9.47 Å². The Morgan fingerprint density at radius 2 is 1.34 bits per heavy atom. The fourth-order valence-electron chi connectivity index (χ4n) is 4.29. The van der Waals surface area contributed by atoms with Crippen LogP contribution in [0, 0.1) is 20.2 Å². The molecule has 0 spiro atoms. The summed E-state index contributed by atoms with van der Waals surface area (Å²) in [5.41, 5.74) is 2.42. The highest BCUT2D eigenvalue weighted by atomic mass is 16.6. The third-order valence-electron chi connectivity index (χ3n) is 5.81. The van der Waals surface area contributed by atoms with Gasteiger partial charge in [-0.25, -0.2) is 0 Å². The lowest BCUT2D eigenvalue weighted by atomic mass is 9.82. The minimum Gasteiger partial charge on any atom is -0.496 e. The van der Waals surface area contributed by atoms with E-state index in [2.05, 4.69) is 0 Å². The number of nitrogens with zero attached hydrogens (tertiary/aromatic N) is 2. The summed E-state index contributed by atoms with van der Waals surface area (Å²) in [5, 5.41) is 22.6. The molecule has 8 nitrogen and oxygen atoms in total. The molecule has 32 heavy (non-hydrogen) atoms. The molecule has 0 N–H and O–H groups in total. The summed E-state index contributed by atoms with van der Waals surface area (Å²) in [6, 6.07) is 20.6. The second kappa shape index (κ2) is 9.15. The first-order valence-corrected chi connectivity index (χ1v) is 10.2. The third-order valence-corrected chi connectivity index (χ3v) is 5.81. The quantitative estimate of drug-likeness (QED) is 0.354. The number of hydrogen-bond acceptors (Lipinski definition) is 6. The monoisotopic (exact) mass is 434 g/mol. The molecule has 1 saturated heterocycles. The van der Waals surface area contributed by atoms with Crippen LogP contribution in [0.5, 0.6) is 5.75 Å². The fourth-order valence-corrected chi connectivity index (χ4v) is 4.29. The van der Waals surface area contributed by atoms with Crippen molar-refractivity contribution in [1.29, 1.82) is 0 Å². The molecular weight excluding hydrogens is 412 g/mol. The largest absolute Gasteiger partial charge is 0.496 e. The Balaban J connectivity index is 1.74.